The number of fused-ring (bicyclic) bond motifs is 1. The van der Waals surface area contributed by atoms with Gasteiger partial charge in [-0.15, -0.1) is 0 Å². The minimum Gasteiger partial charge on any atom is -0.382 e. The largest absolute Gasteiger partial charge is 0.382 e. The molecule has 0 radical (unpaired) electrons. The molecular formula is C14H23N. The molecule has 0 aliphatic carbocycles. The highest BCUT2D eigenvalue weighted by molar-refractivity contribution is 5.53. The van der Waals surface area contributed by atoms with Crippen molar-refractivity contribution in [3.05, 3.63) is 29.8 Å². The number of rotatable bonds is 1. The predicted octanol–water partition coefficient (Wildman–Crippen LogP) is 4.24. The number of anilines is 1. The van der Waals surface area contributed by atoms with Gasteiger partial charge in [0.25, 0.3) is 0 Å². The van der Waals surface area contributed by atoms with Gasteiger partial charge in [0.15, 0.2) is 0 Å². The number of para-hydroxylation sites is 1. The molecule has 2 rings (SSSR count). The molecule has 1 unspecified atom stereocenters. The van der Waals surface area contributed by atoms with Gasteiger partial charge in [-0.25, -0.2) is 0 Å². The molecule has 0 fully saturated rings. The van der Waals surface area contributed by atoms with E-state index in [1.165, 1.54) is 36.9 Å². The summed E-state index contributed by atoms with van der Waals surface area (Å²) in [7, 11) is 0. The summed E-state index contributed by atoms with van der Waals surface area (Å²) in [6.45, 7) is 6.59. The maximum atomic E-state index is 3.46. The molecule has 0 spiro atoms. The highest BCUT2D eigenvalue weighted by Gasteiger charge is 2.11. The van der Waals surface area contributed by atoms with Gasteiger partial charge in [-0.05, 0) is 31.4 Å². The molecular weight excluding hydrogens is 182 g/mol. The van der Waals surface area contributed by atoms with Gasteiger partial charge >= 0.3 is 0 Å². The molecule has 1 N–H and O–H groups in total. The molecule has 15 heavy (non-hydrogen) atoms. The van der Waals surface area contributed by atoms with Gasteiger partial charge in [-0.1, -0.05) is 44.9 Å². The number of hydrogen-bond acceptors (Lipinski definition) is 1. The molecule has 0 saturated carbocycles. The Morgan fingerprint density at radius 2 is 1.87 bits per heavy atom. The van der Waals surface area contributed by atoms with Crippen molar-refractivity contribution in [1.29, 1.82) is 0 Å². The summed E-state index contributed by atoms with van der Waals surface area (Å²) in [6, 6.07) is 9.20. The third-order valence-corrected chi connectivity index (χ3v) is 2.77. The smallest absolute Gasteiger partial charge is 0.0374 e. The van der Waals surface area contributed by atoms with Crippen molar-refractivity contribution >= 4 is 5.69 Å². The first-order valence-electron chi connectivity index (χ1n) is 6.12. The molecule has 0 bridgehead atoms. The third-order valence-electron chi connectivity index (χ3n) is 2.77. The first kappa shape index (κ1) is 12.1. The van der Waals surface area contributed by atoms with E-state index < -0.39 is 0 Å². The molecule has 1 aliphatic rings. The third kappa shape index (κ3) is 3.94. The summed E-state index contributed by atoms with van der Waals surface area (Å²) in [5.74, 6) is 0. The molecule has 1 atom stereocenters. The van der Waals surface area contributed by atoms with E-state index in [9.17, 15) is 0 Å². The Balaban J connectivity index is 0.000000245. The van der Waals surface area contributed by atoms with Gasteiger partial charge in [0.2, 0.25) is 0 Å². The van der Waals surface area contributed by atoms with Crippen molar-refractivity contribution in [2.75, 3.05) is 5.32 Å². The maximum Gasteiger partial charge on any atom is 0.0374 e. The summed E-state index contributed by atoms with van der Waals surface area (Å²) >= 11 is 0. The summed E-state index contributed by atoms with van der Waals surface area (Å²) in [6.07, 6.45) is 5.13. The van der Waals surface area contributed by atoms with Crippen LogP contribution in [0.3, 0.4) is 0 Å². The van der Waals surface area contributed by atoms with E-state index in [0.29, 0.717) is 6.04 Å². The van der Waals surface area contributed by atoms with E-state index in [1.807, 2.05) is 0 Å². The number of aryl methyl sites for hydroxylation is 1. The second-order valence-corrected chi connectivity index (χ2v) is 4.24. The molecule has 1 heterocycles. The van der Waals surface area contributed by atoms with Crippen LogP contribution in [0.2, 0.25) is 0 Å². The predicted molar refractivity (Wildman–Crippen MR) is 68.4 cm³/mol. The van der Waals surface area contributed by atoms with Crippen molar-refractivity contribution in [3.8, 4) is 0 Å². The van der Waals surface area contributed by atoms with Crippen LogP contribution in [0.1, 0.15) is 45.6 Å². The zero-order valence-electron chi connectivity index (χ0n) is 10.2. The van der Waals surface area contributed by atoms with Crippen LogP contribution in [-0.4, -0.2) is 6.04 Å². The lowest BCUT2D eigenvalue weighted by atomic mass is 9.99. The first-order valence-corrected chi connectivity index (χ1v) is 6.12. The van der Waals surface area contributed by atoms with Crippen molar-refractivity contribution in [1.82, 2.24) is 0 Å². The van der Waals surface area contributed by atoms with Crippen LogP contribution in [-0.2, 0) is 6.42 Å². The molecule has 1 nitrogen and oxygen atoms in total. The zero-order chi connectivity index (χ0) is 11.1. The minimum absolute atomic E-state index is 0.643. The van der Waals surface area contributed by atoms with Gasteiger partial charge in [0.1, 0.15) is 0 Å². The van der Waals surface area contributed by atoms with Crippen molar-refractivity contribution in [2.45, 2.75) is 52.5 Å². The van der Waals surface area contributed by atoms with Gasteiger partial charge in [0, 0.05) is 11.7 Å². The van der Waals surface area contributed by atoms with Crippen LogP contribution in [0.5, 0.6) is 0 Å². The normalized spacial score (nSPS) is 18.2. The Morgan fingerprint density at radius 3 is 2.53 bits per heavy atom. The van der Waals surface area contributed by atoms with Crippen LogP contribution in [0.4, 0.5) is 5.69 Å². The fourth-order valence-electron chi connectivity index (χ4n) is 1.59. The van der Waals surface area contributed by atoms with Crippen LogP contribution in [0.25, 0.3) is 0 Å². The second-order valence-electron chi connectivity index (χ2n) is 4.24. The monoisotopic (exact) mass is 205 g/mol. The van der Waals surface area contributed by atoms with Gasteiger partial charge in [-0.2, -0.15) is 0 Å². The maximum absolute atomic E-state index is 3.46. The number of benzene rings is 1. The molecule has 1 aromatic carbocycles. The average molecular weight is 205 g/mol. The summed E-state index contributed by atoms with van der Waals surface area (Å²) in [4.78, 5) is 0. The van der Waals surface area contributed by atoms with Crippen LogP contribution < -0.4 is 5.32 Å². The fraction of sp³-hybridized carbons (Fsp3) is 0.571. The molecule has 0 aromatic heterocycles. The standard InChI is InChI=1S/C10H13N.C4H10/c1-8-6-7-9-4-2-3-5-10(9)11-8;1-3-4-2/h2-5,8,11H,6-7H2,1H3;3-4H2,1-2H3. The fourth-order valence-corrected chi connectivity index (χ4v) is 1.59. The van der Waals surface area contributed by atoms with Gasteiger partial charge in [0.05, 0.1) is 0 Å². The minimum atomic E-state index is 0.643. The van der Waals surface area contributed by atoms with E-state index in [4.69, 9.17) is 0 Å². The molecule has 0 amide bonds. The van der Waals surface area contributed by atoms with Crippen LogP contribution in [0, 0.1) is 0 Å². The van der Waals surface area contributed by atoms with Crippen LogP contribution in [0.15, 0.2) is 24.3 Å². The van der Waals surface area contributed by atoms with Crippen LogP contribution >= 0.6 is 0 Å². The molecule has 1 heteroatoms. The van der Waals surface area contributed by atoms with E-state index >= 15 is 0 Å². The van der Waals surface area contributed by atoms with Crippen molar-refractivity contribution in [3.63, 3.8) is 0 Å². The van der Waals surface area contributed by atoms with E-state index in [2.05, 4.69) is 50.4 Å². The second kappa shape index (κ2) is 6.49. The number of hydrogen-bond donors (Lipinski definition) is 1. The van der Waals surface area contributed by atoms with Gasteiger partial charge in [-0.3, -0.25) is 0 Å². The molecule has 0 saturated heterocycles. The molecule has 1 aromatic rings. The number of nitrogens with one attached hydrogen (secondary N) is 1. The quantitative estimate of drug-likeness (QED) is 0.723. The highest BCUT2D eigenvalue weighted by atomic mass is 14.9. The number of unbranched alkanes of at least 4 members (excludes halogenated alkanes) is 1. The average Bonchev–Trinajstić information content (AvgIpc) is 2.29. The topological polar surface area (TPSA) is 12.0 Å². The lowest BCUT2D eigenvalue weighted by Gasteiger charge is -2.23. The first-order chi connectivity index (χ1) is 7.27. The highest BCUT2D eigenvalue weighted by Crippen LogP contribution is 2.23. The van der Waals surface area contributed by atoms with E-state index in [0.717, 1.165) is 0 Å². The SMILES string of the molecule is CC1CCc2ccccc2N1.CCCC. The zero-order valence-corrected chi connectivity index (χ0v) is 10.2. The molecule has 1 aliphatic heterocycles. The Labute approximate surface area is 93.9 Å². The Bertz CT molecular complexity index is 278. The summed E-state index contributed by atoms with van der Waals surface area (Å²) in [5.41, 5.74) is 2.79. The van der Waals surface area contributed by atoms with E-state index in [-0.39, 0.29) is 0 Å². The Morgan fingerprint density at radius 1 is 1.20 bits per heavy atom. The Hall–Kier alpha value is -0.980. The van der Waals surface area contributed by atoms with Gasteiger partial charge < -0.3 is 5.32 Å². The van der Waals surface area contributed by atoms with Crippen molar-refractivity contribution in [2.24, 2.45) is 0 Å². The van der Waals surface area contributed by atoms with E-state index in [1.54, 1.807) is 0 Å². The molecule has 84 valence electrons. The lowest BCUT2D eigenvalue weighted by molar-refractivity contribution is 0.681. The van der Waals surface area contributed by atoms with Crippen molar-refractivity contribution < 1.29 is 0 Å². The summed E-state index contributed by atoms with van der Waals surface area (Å²) in [5, 5.41) is 3.46. The summed E-state index contributed by atoms with van der Waals surface area (Å²) < 4.78 is 0. The Kier molecular flexibility index (Phi) is 5.23. The lowest BCUT2D eigenvalue weighted by Crippen LogP contribution is -2.21.